The minimum Gasteiger partial charge on any atom is -0.394 e. The highest BCUT2D eigenvalue weighted by atomic mass is 31.2. The van der Waals surface area contributed by atoms with Crippen LogP contribution in [-0.4, -0.2) is 180 Å². The topological polar surface area (TPSA) is 388 Å². The van der Waals surface area contributed by atoms with Crippen molar-refractivity contribution in [3.63, 3.8) is 0 Å². The summed E-state index contributed by atoms with van der Waals surface area (Å²) in [5, 5.41) is 88.1. The van der Waals surface area contributed by atoms with E-state index in [0.717, 1.165) is 20.8 Å². The van der Waals surface area contributed by atoms with Crippen LogP contribution in [0.1, 0.15) is 20.8 Å². The summed E-state index contributed by atoms with van der Waals surface area (Å²) in [6.07, 6.45) is -23.5. The largest absolute Gasteiger partial charge is 0.475 e. The van der Waals surface area contributed by atoms with Crippen LogP contribution in [-0.2, 0) is 55.8 Å². The van der Waals surface area contributed by atoms with E-state index in [4.69, 9.17) is 32.3 Å². The number of hydrogen-bond acceptors (Lipinski definition) is 20. The Labute approximate surface area is 288 Å². The van der Waals surface area contributed by atoms with E-state index in [2.05, 4.69) is 16.0 Å². The highest BCUT2D eigenvalue weighted by Crippen LogP contribution is 2.52. The van der Waals surface area contributed by atoms with Gasteiger partial charge in [-0.1, -0.05) is 0 Å². The van der Waals surface area contributed by atoms with E-state index >= 15 is 0 Å². The van der Waals surface area contributed by atoms with Crippen molar-refractivity contribution in [1.29, 1.82) is 0 Å². The van der Waals surface area contributed by atoms with Crippen molar-refractivity contribution in [1.82, 2.24) is 16.0 Å². The first-order valence-corrected chi connectivity index (χ1v) is 18.0. The van der Waals surface area contributed by atoms with Crippen molar-refractivity contribution in [3.8, 4) is 0 Å². The Morgan fingerprint density at radius 3 is 1.31 bits per heavy atom. The standard InChI is InChI=1S/C24H43N3O22P2/c1-7(31)25-13-18(36)20(11(5-29)43-22(13)38)46-50(39,40)49-24-15(27-9(3)33)19(37)21(12(6-30)45-24)47-51(41,42)48-23-14(26-8(2)32)17(35)16(34)10(4-28)44-23/h10-24,28-30,34-38H,4-6H2,1-3H3,(H,25,31)(H,26,32)(H,27,33)(H,39,40)(H,41,42)/t10-,11-,12-,13-,14-,15-,16-,17-,18-,19-,20-,21-,22+,23-,24-/m1/s1. The van der Waals surface area contributed by atoms with E-state index in [0.29, 0.717) is 0 Å². The number of nitrogens with one attached hydrogen (secondary N) is 3. The monoisotopic (exact) mass is 787 g/mol. The molecule has 51 heavy (non-hydrogen) atoms. The molecule has 3 rings (SSSR count). The number of rotatable bonds is 14. The number of amides is 3. The molecular formula is C24H43N3O22P2. The molecule has 3 aliphatic heterocycles. The second-order valence-electron chi connectivity index (χ2n) is 11.6. The lowest BCUT2D eigenvalue weighted by Gasteiger charge is -2.45. The van der Waals surface area contributed by atoms with Crippen molar-refractivity contribution < 1.29 is 106 Å². The number of ether oxygens (including phenoxy) is 3. The van der Waals surface area contributed by atoms with Crippen molar-refractivity contribution in [3.05, 3.63) is 0 Å². The average molecular weight is 788 g/mol. The van der Waals surface area contributed by atoms with Crippen molar-refractivity contribution in [2.24, 2.45) is 0 Å². The summed E-state index contributed by atoms with van der Waals surface area (Å²) in [6.45, 7) is -0.161. The summed E-state index contributed by atoms with van der Waals surface area (Å²) < 4.78 is 62.1. The van der Waals surface area contributed by atoms with E-state index in [1.807, 2.05) is 0 Å². The zero-order valence-corrected chi connectivity index (χ0v) is 28.8. The number of carbonyl (C=O) groups excluding carboxylic acids is 3. The van der Waals surface area contributed by atoms with Crippen molar-refractivity contribution in [2.75, 3.05) is 19.8 Å². The van der Waals surface area contributed by atoms with Gasteiger partial charge in [0.2, 0.25) is 17.7 Å². The molecule has 13 N–H and O–H groups in total. The molecule has 0 radical (unpaired) electrons. The van der Waals surface area contributed by atoms with Crippen molar-refractivity contribution >= 4 is 33.4 Å². The quantitative estimate of drug-likeness (QED) is 0.0727. The third-order valence-electron chi connectivity index (χ3n) is 7.70. The molecule has 3 fully saturated rings. The molecule has 3 aliphatic rings. The van der Waals surface area contributed by atoms with Gasteiger partial charge >= 0.3 is 15.6 Å². The van der Waals surface area contributed by atoms with Crippen LogP contribution >= 0.6 is 15.6 Å². The summed E-state index contributed by atoms with van der Waals surface area (Å²) in [5.41, 5.74) is 0. The first-order chi connectivity index (χ1) is 23.6. The van der Waals surface area contributed by atoms with E-state index in [1.165, 1.54) is 0 Å². The second kappa shape index (κ2) is 18.0. The molecule has 17 atom stereocenters. The molecule has 25 nitrogen and oxygen atoms in total. The van der Waals surface area contributed by atoms with Gasteiger partial charge in [-0.15, -0.1) is 0 Å². The molecule has 296 valence electrons. The van der Waals surface area contributed by atoms with Gasteiger partial charge in [0.05, 0.1) is 19.8 Å². The molecule has 0 aromatic heterocycles. The summed E-state index contributed by atoms with van der Waals surface area (Å²) in [4.78, 5) is 56.5. The maximum absolute atomic E-state index is 13.2. The van der Waals surface area contributed by atoms with Gasteiger partial charge in [0.1, 0.15) is 73.1 Å². The molecule has 3 amide bonds. The van der Waals surface area contributed by atoms with Crippen LogP contribution in [0, 0.1) is 0 Å². The first-order valence-electron chi connectivity index (χ1n) is 15.0. The highest BCUT2D eigenvalue weighted by Gasteiger charge is 2.55. The van der Waals surface area contributed by atoms with Gasteiger partial charge in [-0.2, -0.15) is 0 Å². The van der Waals surface area contributed by atoms with Crippen LogP contribution in [0.25, 0.3) is 0 Å². The first kappa shape index (κ1) is 43.6. The van der Waals surface area contributed by atoms with Crippen LogP contribution in [0.5, 0.6) is 0 Å². The Morgan fingerprint density at radius 1 is 0.549 bits per heavy atom. The minimum absolute atomic E-state index is 0.761. The van der Waals surface area contributed by atoms with Gasteiger partial charge in [0, 0.05) is 20.8 Å². The maximum atomic E-state index is 13.2. The number of phosphoric acid groups is 2. The molecule has 3 heterocycles. The second-order valence-corrected chi connectivity index (χ2v) is 14.3. The lowest BCUT2D eigenvalue weighted by molar-refractivity contribution is -0.265. The van der Waals surface area contributed by atoms with Crippen LogP contribution in [0.3, 0.4) is 0 Å². The Kier molecular flexibility index (Phi) is 15.4. The summed E-state index contributed by atoms with van der Waals surface area (Å²) in [5.74, 6) is -2.51. The molecule has 0 aliphatic carbocycles. The Bertz CT molecular complexity index is 1310. The van der Waals surface area contributed by atoms with Crippen LogP contribution in [0.15, 0.2) is 0 Å². The predicted molar refractivity (Wildman–Crippen MR) is 158 cm³/mol. The van der Waals surface area contributed by atoms with Gasteiger partial charge < -0.3 is 80.8 Å². The Morgan fingerprint density at radius 2 is 0.902 bits per heavy atom. The van der Waals surface area contributed by atoms with Gasteiger partial charge in [-0.05, 0) is 0 Å². The fourth-order valence-corrected chi connectivity index (χ4v) is 7.58. The van der Waals surface area contributed by atoms with E-state index < -0.39 is 145 Å². The molecule has 0 saturated carbocycles. The van der Waals surface area contributed by atoms with Gasteiger partial charge in [-0.3, -0.25) is 32.5 Å². The van der Waals surface area contributed by atoms with Crippen LogP contribution < -0.4 is 16.0 Å². The Hall–Kier alpha value is -1.81. The van der Waals surface area contributed by atoms with Crippen molar-refractivity contribution in [2.45, 2.75) is 113 Å². The molecule has 0 aromatic rings. The molecule has 27 heteroatoms. The highest BCUT2D eigenvalue weighted by molar-refractivity contribution is 7.47. The van der Waals surface area contributed by atoms with Gasteiger partial charge in [0.15, 0.2) is 18.9 Å². The zero-order chi connectivity index (χ0) is 38.6. The summed E-state index contributed by atoms with van der Waals surface area (Å²) >= 11 is 0. The van der Waals surface area contributed by atoms with E-state index in [-0.39, 0.29) is 0 Å². The number of hydrogen-bond donors (Lipinski definition) is 13. The molecule has 2 unspecified atom stereocenters. The fourth-order valence-electron chi connectivity index (χ4n) is 5.46. The lowest BCUT2D eigenvalue weighted by atomic mass is 9.97. The normalized spacial score (nSPS) is 41.1. The minimum atomic E-state index is -5.57. The third kappa shape index (κ3) is 11.1. The Balaban J connectivity index is 1.83. The van der Waals surface area contributed by atoms with E-state index in [9.17, 15) is 74.2 Å². The molecule has 0 spiro atoms. The van der Waals surface area contributed by atoms with Crippen LogP contribution in [0.2, 0.25) is 0 Å². The smallest absolute Gasteiger partial charge is 0.394 e. The number of carbonyl (C=O) groups is 3. The number of aliphatic hydroxyl groups is 8. The predicted octanol–water partition coefficient (Wildman–Crippen LogP) is -6.91. The number of phosphoric ester groups is 2. The molecule has 3 saturated heterocycles. The lowest BCUT2D eigenvalue weighted by Crippen LogP contribution is -2.65. The van der Waals surface area contributed by atoms with Gasteiger partial charge in [-0.25, -0.2) is 9.13 Å². The van der Waals surface area contributed by atoms with Crippen LogP contribution in [0.4, 0.5) is 0 Å². The average Bonchev–Trinajstić information content (AvgIpc) is 3.02. The molecule has 0 bridgehead atoms. The summed E-state index contributed by atoms with van der Waals surface area (Å²) in [6, 6.07) is -5.31. The fraction of sp³-hybridized carbons (Fsp3) is 0.875. The molecule has 0 aromatic carbocycles. The SMILES string of the molecule is CC(=O)N[C@@H]1[C@@H](O)[C@H](OP(=O)(O)O[C@H]2O[C@H](CO)[C@@H](OP(=O)(O)O[C@H]3O[C@H](CO)[C@@H](O)[C@H](O)[C@H]3NC(C)=O)[C@H](O)[C@H]2NC(C)=O)[C@@H](CO)O[C@@H]1O. The zero-order valence-electron chi connectivity index (χ0n) is 27.0. The van der Waals surface area contributed by atoms with E-state index in [1.54, 1.807) is 0 Å². The third-order valence-corrected chi connectivity index (χ3v) is 9.67. The molecular weight excluding hydrogens is 744 g/mol. The summed E-state index contributed by atoms with van der Waals surface area (Å²) in [7, 11) is -11.1. The number of aliphatic hydroxyl groups excluding tert-OH is 8. The van der Waals surface area contributed by atoms with Gasteiger partial charge in [0.25, 0.3) is 0 Å². The maximum Gasteiger partial charge on any atom is 0.475 e.